The van der Waals surface area contributed by atoms with E-state index in [2.05, 4.69) is 4.98 Å². The van der Waals surface area contributed by atoms with Gasteiger partial charge in [-0.3, -0.25) is 9.78 Å². The summed E-state index contributed by atoms with van der Waals surface area (Å²) in [5.41, 5.74) is 6.04. The Hall–Kier alpha value is -1.42. The molecule has 1 heterocycles. The molecule has 0 atom stereocenters. The van der Waals surface area contributed by atoms with Gasteiger partial charge in [-0.1, -0.05) is 0 Å². The molecule has 1 aliphatic carbocycles. The number of carbonyl (C=O) groups is 1. The number of anilines is 1. The average molecular weight is 206 g/mol. The van der Waals surface area contributed by atoms with Crippen LogP contribution in [0.3, 0.4) is 0 Å². The smallest absolute Gasteiger partial charge is 0.198 e. The summed E-state index contributed by atoms with van der Waals surface area (Å²) in [5, 5.41) is 0. The highest BCUT2D eigenvalue weighted by molar-refractivity contribution is 6.06. The van der Waals surface area contributed by atoms with E-state index in [0.29, 0.717) is 11.3 Å². The standard InChI is InChI=1S/C11H14N2O2/c1-15-11(4-2-5-11)10(14)8-7-13-6-3-9(8)12/h3,6-7H,2,4-5H2,1H3,(H2,12,13). The van der Waals surface area contributed by atoms with E-state index in [1.54, 1.807) is 19.4 Å². The second kappa shape index (κ2) is 3.62. The Balaban J connectivity index is 2.32. The summed E-state index contributed by atoms with van der Waals surface area (Å²) in [6.07, 6.45) is 5.66. The number of ether oxygens (including phenoxy) is 1. The predicted octanol–water partition coefficient (Wildman–Crippen LogP) is 1.42. The van der Waals surface area contributed by atoms with Crippen LogP contribution in [-0.4, -0.2) is 23.5 Å². The number of nitrogens with two attached hydrogens (primary N) is 1. The fraction of sp³-hybridized carbons (Fsp3) is 0.455. The van der Waals surface area contributed by atoms with Crippen LogP contribution in [-0.2, 0) is 4.74 Å². The summed E-state index contributed by atoms with van der Waals surface area (Å²) in [6, 6.07) is 1.63. The van der Waals surface area contributed by atoms with E-state index < -0.39 is 5.60 Å². The van der Waals surface area contributed by atoms with Gasteiger partial charge in [-0.25, -0.2) is 0 Å². The number of nitrogen functional groups attached to an aromatic ring is 1. The van der Waals surface area contributed by atoms with Gasteiger partial charge in [0.25, 0.3) is 0 Å². The van der Waals surface area contributed by atoms with E-state index in [-0.39, 0.29) is 5.78 Å². The first-order valence-corrected chi connectivity index (χ1v) is 4.99. The van der Waals surface area contributed by atoms with Crippen LogP contribution in [0.15, 0.2) is 18.5 Å². The van der Waals surface area contributed by atoms with Crippen LogP contribution in [0.5, 0.6) is 0 Å². The van der Waals surface area contributed by atoms with Gasteiger partial charge in [-0.2, -0.15) is 0 Å². The number of methoxy groups -OCH3 is 1. The molecule has 0 bridgehead atoms. The third-order valence-corrected chi connectivity index (χ3v) is 3.07. The summed E-state index contributed by atoms with van der Waals surface area (Å²) >= 11 is 0. The Morgan fingerprint density at radius 3 is 2.80 bits per heavy atom. The van der Waals surface area contributed by atoms with E-state index in [0.717, 1.165) is 19.3 Å². The molecule has 1 aromatic heterocycles. The van der Waals surface area contributed by atoms with E-state index in [1.165, 1.54) is 6.20 Å². The molecule has 0 saturated heterocycles. The van der Waals surface area contributed by atoms with E-state index in [1.807, 2.05) is 0 Å². The minimum Gasteiger partial charge on any atom is -0.398 e. The normalized spacial score (nSPS) is 18.2. The Bertz CT molecular complexity index is 380. The van der Waals surface area contributed by atoms with Crippen LogP contribution in [0, 0.1) is 0 Å². The number of hydrogen-bond acceptors (Lipinski definition) is 4. The molecule has 4 heteroatoms. The molecule has 0 aliphatic heterocycles. The van der Waals surface area contributed by atoms with Gasteiger partial charge in [0.05, 0.1) is 5.56 Å². The Morgan fingerprint density at radius 2 is 2.33 bits per heavy atom. The number of ketones is 1. The number of nitrogens with zero attached hydrogens (tertiary/aromatic N) is 1. The molecule has 80 valence electrons. The van der Waals surface area contributed by atoms with Crippen LogP contribution >= 0.6 is 0 Å². The van der Waals surface area contributed by atoms with Crippen molar-refractivity contribution in [3.63, 3.8) is 0 Å². The molecule has 1 aromatic rings. The van der Waals surface area contributed by atoms with Crippen LogP contribution < -0.4 is 5.73 Å². The van der Waals surface area contributed by atoms with Crippen LogP contribution in [0.2, 0.25) is 0 Å². The minimum absolute atomic E-state index is 0.0400. The van der Waals surface area contributed by atoms with Crippen molar-refractivity contribution in [3.05, 3.63) is 24.0 Å². The van der Waals surface area contributed by atoms with Gasteiger partial charge in [0.1, 0.15) is 5.60 Å². The molecule has 0 unspecified atom stereocenters. The third kappa shape index (κ3) is 1.51. The Kier molecular flexibility index (Phi) is 2.44. The van der Waals surface area contributed by atoms with Crippen molar-refractivity contribution >= 4 is 11.5 Å². The molecule has 4 nitrogen and oxygen atoms in total. The van der Waals surface area contributed by atoms with Crippen molar-refractivity contribution in [1.29, 1.82) is 0 Å². The molecule has 2 rings (SSSR count). The summed E-state index contributed by atoms with van der Waals surface area (Å²) in [5.74, 6) is -0.0400. The van der Waals surface area contributed by atoms with Crippen molar-refractivity contribution in [2.75, 3.05) is 12.8 Å². The molecule has 0 aromatic carbocycles. The summed E-state index contributed by atoms with van der Waals surface area (Å²) < 4.78 is 5.31. The number of rotatable bonds is 3. The highest BCUT2D eigenvalue weighted by Gasteiger charge is 2.45. The predicted molar refractivity (Wildman–Crippen MR) is 56.6 cm³/mol. The largest absolute Gasteiger partial charge is 0.398 e. The van der Waals surface area contributed by atoms with Gasteiger partial charge in [0.15, 0.2) is 5.78 Å². The fourth-order valence-electron chi connectivity index (χ4n) is 1.86. The first-order chi connectivity index (χ1) is 7.19. The quantitative estimate of drug-likeness (QED) is 0.759. The summed E-state index contributed by atoms with van der Waals surface area (Å²) in [7, 11) is 1.57. The van der Waals surface area contributed by atoms with E-state index in [9.17, 15) is 4.79 Å². The third-order valence-electron chi connectivity index (χ3n) is 3.07. The molecule has 0 radical (unpaired) electrons. The summed E-state index contributed by atoms with van der Waals surface area (Å²) in [6.45, 7) is 0. The van der Waals surface area contributed by atoms with E-state index in [4.69, 9.17) is 10.5 Å². The van der Waals surface area contributed by atoms with Crippen molar-refractivity contribution < 1.29 is 9.53 Å². The van der Waals surface area contributed by atoms with Crippen molar-refractivity contribution in [1.82, 2.24) is 4.98 Å². The second-order valence-electron chi connectivity index (χ2n) is 3.84. The van der Waals surface area contributed by atoms with Crippen LogP contribution in [0.25, 0.3) is 0 Å². The second-order valence-corrected chi connectivity index (χ2v) is 3.84. The number of carbonyl (C=O) groups excluding carboxylic acids is 1. The summed E-state index contributed by atoms with van der Waals surface area (Å²) in [4.78, 5) is 16.1. The lowest BCUT2D eigenvalue weighted by Crippen LogP contribution is -2.47. The molecule has 1 aliphatic rings. The van der Waals surface area contributed by atoms with Crippen molar-refractivity contribution in [3.8, 4) is 0 Å². The van der Waals surface area contributed by atoms with Gasteiger partial charge in [-0.05, 0) is 25.3 Å². The van der Waals surface area contributed by atoms with Crippen LogP contribution in [0.1, 0.15) is 29.6 Å². The van der Waals surface area contributed by atoms with Gasteiger partial charge in [0, 0.05) is 25.2 Å². The number of hydrogen-bond donors (Lipinski definition) is 1. The lowest BCUT2D eigenvalue weighted by molar-refractivity contribution is -0.0447. The maximum Gasteiger partial charge on any atom is 0.198 e. The monoisotopic (exact) mass is 206 g/mol. The number of aromatic nitrogens is 1. The van der Waals surface area contributed by atoms with Gasteiger partial charge in [-0.15, -0.1) is 0 Å². The minimum atomic E-state index is -0.642. The SMILES string of the molecule is COC1(C(=O)c2cnccc2N)CCC1. The zero-order valence-electron chi connectivity index (χ0n) is 8.69. The van der Waals surface area contributed by atoms with Gasteiger partial charge in [0.2, 0.25) is 0 Å². The first kappa shape index (κ1) is 10.1. The van der Waals surface area contributed by atoms with Crippen LogP contribution in [0.4, 0.5) is 5.69 Å². The molecule has 1 fully saturated rings. The van der Waals surface area contributed by atoms with Crippen molar-refractivity contribution in [2.24, 2.45) is 0 Å². The van der Waals surface area contributed by atoms with Crippen molar-refractivity contribution in [2.45, 2.75) is 24.9 Å². The lowest BCUT2D eigenvalue weighted by atomic mass is 9.75. The number of Topliss-reactive ketones (excluding diaryl/α,β-unsaturated/α-hetero) is 1. The lowest BCUT2D eigenvalue weighted by Gasteiger charge is -2.38. The zero-order chi connectivity index (χ0) is 10.9. The van der Waals surface area contributed by atoms with Gasteiger partial charge >= 0.3 is 0 Å². The molecular formula is C11H14N2O2. The molecule has 2 N–H and O–H groups in total. The Morgan fingerprint density at radius 1 is 1.60 bits per heavy atom. The molecule has 0 spiro atoms. The zero-order valence-corrected chi connectivity index (χ0v) is 8.69. The molecule has 1 saturated carbocycles. The first-order valence-electron chi connectivity index (χ1n) is 4.99. The number of pyridine rings is 1. The molecular weight excluding hydrogens is 192 g/mol. The van der Waals surface area contributed by atoms with E-state index >= 15 is 0 Å². The maximum atomic E-state index is 12.2. The average Bonchev–Trinajstić information content (AvgIpc) is 2.17. The topological polar surface area (TPSA) is 65.2 Å². The highest BCUT2D eigenvalue weighted by atomic mass is 16.5. The maximum absolute atomic E-state index is 12.2. The van der Waals surface area contributed by atoms with Gasteiger partial charge < -0.3 is 10.5 Å². The Labute approximate surface area is 88.4 Å². The molecule has 0 amide bonds. The molecule has 15 heavy (non-hydrogen) atoms. The fourth-order valence-corrected chi connectivity index (χ4v) is 1.86. The highest BCUT2D eigenvalue weighted by Crippen LogP contribution is 2.38.